The van der Waals surface area contributed by atoms with E-state index in [0.29, 0.717) is 13.1 Å². The number of nitrogens with zero attached hydrogens (tertiary/aromatic N) is 3. The van der Waals surface area contributed by atoms with Crippen molar-refractivity contribution in [1.82, 2.24) is 9.80 Å². The predicted molar refractivity (Wildman–Crippen MR) is 88.2 cm³/mol. The first-order valence-electron chi connectivity index (χ1n) is 7.47. The van der Waals surface area contributed by atoms with Gasteiger partial charge in [-0.25, -0.2) is 0 Å². The summed E-state index contributed by atoms with van der Waals surface area (Å²) in [6.07, 6.45) is 0. The average Bonchev–Trinajstić information content (AvgIpc) is 2.53. The molecule has 2 aliphatic heterocycles. The molecule has 0 bridgehead atoms. The third-order valence-electron chi connectivity index (χ3n) is 4.45. The van der Waals surface area contributed by atoms with Crippen LogP contribution in [0.1, 0.15) is 6.92 Å². The van der Waals surface area contributed by atoms with Crippen LogP contribution in [0.4, 0.5) is 5.69 Å². The highest BCUT2D eigenvalue weighted by molar-refractivity contribution is 8.02. The zero-order valence-electron chi connectivity index (χ0n) is 13.2. The van der Waals surface area contributed by atoms with E-state index in [9.17, 15) is 9.59 Å². The lowest BCUT2D eigenvalue weighted by Crippen LogP contribution is -2.59. The molecule has 0 spiro atoms. The summed E-state index contributed by atoms with van der Waals surface area (Å²) < 4.78 is -1.07. The summed E-state index contributed by atoms with van der Waals surface area (Å²) in [4.78, 5) is 32.4. The van der Waals surface area contributed by atoms with E-state index in [0.717, 1.165) is 23.7 Å². The van der Waals surface area contributed by atoms with Crippen LogP contribution >= 0.6 is 11.8 Å². The molecule has 0 N–H and O–H groups in total. The number of amides is 2. The normalized spacial score (nSPS) is 26.0. The molecule has 1 atom stereocenters. The first kappa shape index (κ1) is 15.4. The molecule has 0 aliphatic carbocycles. The summed E-state index contributed by atoms with van der Waals surface area (Å²) in [5.74, 6) is -0.211. The van der Waals surface area contributed by atoms with E-state index < -0.39 is 4.75 Å². The lowest BCUT2D eigenvalue weighted by atomic mass is 10.1. The molecule has 0 aromatic heterocycles. The number of piperazine rings is 1. The number of rotatable bonds is 1. The van der Waals surface area contributed by atoms with Gasteiger partial charge in [0.05, 0.1) is 5.69 Å². The number of hydrogen-bond donors (Lipinski definition) is 0. The van der Waals surface area contributed by atoms with Crippen LogP contribution in [0.3, 0.4) is 0 Å². The summed E-state index contributed by atoms with van der Waals surface area (Å²) in [7, 11) is 3.80. The van der Waals surface area contributed by atoms with Gasteiger partial charge in [0.1, 0.15) is 0 Å². The van der Waals surface area contributed by atoms with Gasteiger partial charge in [0.2, 0.25) is 5.91 Å². The van der Waals surface area contributed by atoms with Crippen molar-refractivity contribution in [3.05, 3.63) is 24.3 Å². The van der Waals surface area contributed by atoms with Crippen LogP contribution in [0.15, 0.2) is 29.2 Å². The topological polar surface area (TPSA) is 43.9 Å². The molecule has 2 aliphatic rings. The highest BCUT2D eigenvalue weighted by Gasteiger charge is 2.50. The SMILES string of the molecule is CN1CCN(C(=O)[C@@]2(C)Sc3ccccc3N(C)C2=O)CC1. The standard InChI is InChI=1S/C16H21N3O2S/c1-16(15(21)19-10-8-17(2)9-11-19)14(20)18(3)12-6-4-5-7-13(12)22-16/h4-7H,8-11H2,1-3H3/t16-/m0/s1. The fourth-order valence-corrected chi connectivity index (χ4v) is 4.30. The van der Waals surface area contributed by atoms with Crippen LogP contribution < -0.4 is 4.90 Å². The van der Waals surface area contributed by atoms with E-state index in [-0.39, 0.29) is 11.8 Å². The Bertz CT molecular complexity index is 613. The lowest BCUT2D eigenvalue weighted by Gasteiger charge is -2.41. The van der Waals surface area contributed by atoms with Crippen molar-refractivity contribution in [2.75, 3.05) is 45.2 Å². The van der Waals surface area contributed by atoms with Gasteiger partial charge in [-0.1, -0.05) is 23.9 Å². The van der Waals surface area contributed by atoms with Crippen molar-refractivity contribution in [2.24, 2.45) is 0 Å². The monoisotopic (exact) mass is 319 g/mol. The van der Waals surface area contributed by atoms with Crippen LogP contribution in [0.25, 0.3) is 0 Å². The van der Waals surface area contributed by atoms with Crippen LogP contribution in [0.5, 0.6) is 0 Å². The molecule has 0 radical (unpaired) electrons. The molecular formula is C16H21N3O2S. The largest absolute Gasteiger partial charge is 0.338 e. The lowest BCUT2D eigenvalue weighted by molar-refractivity contribution is -0.139. The van der Waals surface area contributed by atoms with Crippen molar-refractivity contribution in [2.45, 2.75) is 16.6 Å². The van der Waals surface area contributed by atoms with Gasteiger partial charge >= 0.3 is 0 Å². The summed E-state index contributed by atoms with van der Waals surface area (Å²) in [6.45, 7) is 4.83. The second kappa shape index (κ2) is 5.59. The number of carbonyl (C=O) groups excluding carboxylic acids is 2. The Labute approximate surface area is 135 Å². The van der Waals surface area contributed by atoms with Crippen LogP contribution in [-0.2, 0) is 9.59 Å². The van der Waals surface area contributed by atoms with Gasteiger partial charge < -0.3 is 14.7 Å². The number of benzene rings is 1. The summed E-state index contributed by atoms with van der Waals surface area (Å²) in [6, 6.07) is 7.74. The minimum atomic E-state index is -1.07. The first-order chi connectivity index (χ1) is 10.4. The molecule has 1 aromatic carbocycles. The Morgan fingerprint density at radius 2 is 1.77 bits per heavy atom. The highest BCUT2D eigenvalue weighted by Crippen LogP contribution is 2.45. The maximum atomic E-state index is 13.0. The van der Waals surface area contributed by atoms with Crippen LogP contribution in [0, 0.1) is 0 Å². The quantitative estimate of drug-likeness (QED) is 0.732. The Morgan fingerprint density at radius 3 is 2.45 bits per heavy atom. The zero-order chi connectivity index (χ0) is 15.9. The fraction of sp³-hybridized carbons (Fsp3) is 0.500. The smallest absolute Gasteiger partial charge is 0.252 e. The van der Waals surface area contributed by atoms with Crippen molar-refractivity contribution < 1.29 is 9.59 Å². The molecular weight excluding hydrogens is 298 g/mol. The van der Waals surface area contributed by atoms with E-state index in [1.54, 1.807) is 18.9 Å². The Morgan fingerprint density at radius 1 is 1.14 bits per heavy atom. The molecule has 5 nitrogen and oxygen atoms in total. The third-order valence-corrected chi connectivity index (χ3v) is 5.77. The number of para-hydroxylation sites is 1. The van der Waals surface area contributed by atoms with Crippen molar-refractivity contribution in [3.8, 4) is 0 Å². The molecule has 22 heavy (non-hydrogen) atoms. The van der Waals surface area contributed by atoms with Gasteiger partial charge in [-0.05, 0) is 26.1 Å². The number of likely N-dealkylation sites (N-methyl/N-ethyl adjacent to an activating group) is 1. The third kappa shape index (κ3) is 2.40. The highest BCUT2D eigenvalue weighted by atomic mass is 32.2. The van der Waals surface area contributed by atoms with Crippen LogP contribution in [0.2, 0.25) is 0 Å². The molecule has 1 saturated heterocycles. The van der Waals surface area contributed by atoms with Gasteiger partial charge in [-0.2, -0.15) is 0 Å². The summed E-state index contributed by atoms with van der Waals surface area (Å²) >= 11 is 1.38. The average molecular weight is 319 g/mol. The van der Waals surface area contributed by atoms with E-state index in [4.69, 9.17) is 0 Å². The molecule has 118 valence electrons. The second-order valence-electron chi connectivity index (χ2n) is 6.06. The molecule has 0 saturated carbocycles. The minimum absolute atomic E-state index is 0.0723. The Balaban J connectivity index is 1.89. The van der Waals surface area contributed by atoms with E-state index in [1.165, 1.54) is 11.8 Å². The number of hydrogen-bond acceptors (Lipinski definition) is 4. The number of fused-ring (bicyclic) bond motifs is 1. The molecule has 2 amide bonds. The summed E-state index contributed by atoms with van der Waals surface area (Å²) in [5.41, 5.74) is 0.876. The first-order valence-corrected chi connectivity index (χ1v) is 8.29. The molecule has 0 unspecified atom stereocenters. The molecule has 2 heterocycles. The Hall–Kier alpha value is -1.53. The van der Waals surface area contributed by atoms with Gasteiger partial charge in [0, 0.05) is 38.1 Å². The molecule has 6 heteroatoms. The minimum Gasteiger partial charge on any atom is -0.338 e. The van der Waals surface area contributed by atoms with Gasteiger partial charge in [-0.3, -0.25) is 9.59 Å². The maximum absolute atomic E-state index is 13.0. The molecule has 1 aromatic rings. The second-order valence-corrected chi connectivity index (χ2v) is 7.52. The predicted octanol–water partition coefficient (Wildman–Crippen LogP) is 1.29. The fourth-order valence-electron chi connectivity index (χ4n) is 2.96. The van der Waals surface area contributed by atoms with Crippen molar-refractivity contribution in [1.29, 1.82) is 0 Å². The number of carbonyl (C=O) groups is 2. The molecule has 3 rings (SSSR count). The zero-order valence-corrected chi connectivity index (χ0v) is 14.0. The molecule has 1 fully saturated rings. The van der Waals surface area contributed by atoms with Crippen LogP contribution in [-0.4, -0.2) is 66.6 Å². The van der Waals surface area contributed by atoms with Gasteiger partial charge in [0.25, 0.3) is 5.91 Å². The number of anilines is 1. The maximum Gasteiger partial charge on any atom is 0.252 e. The Kier molecular flexibility index (Phi) is 3.91. The van der Waals surface area contributed by atoms with Crippen molar-refractivity contribution >= 4 is 29.3 Å². The van der Waals surface area contributed by atoms with Gasteiger partial charge in [-0.15, -0.1) is 0 Å². The number of thioether (sulfide) groups is 1. The van der Waals surface area contributed by atoms with E-state index in [2.05, 4.69) is 4.90 Å². The van der Waals surface area contributed by atoms with E-state index >= 15 is 0 Å². The van der Waals surface area contributed by atoms with Gasteiger partial charge in [0.15, 0.2) is 4.75 Å². The van der Waals surface area contributed by atoms with E-state index in [1.807, 2.05) is 36.2 Å². The summed E-state index contributed by atoms with van der Waals surface area (Å²) in [5, 5.41) is 0. The van der Waals surface area contributed by atoms with Crippen molar-refractivity contribution in [3.63, 3.8) is 0 Å².